The van der Waals surface area contributed by atoms with Gasteiger partial charge in [-0.05, 0) is 29.8 Å². The molecule has 1 unspecified atom stereocenters. The minimum Gasteiger partial charge on any atom is -0.486 e. The minimum absolute atomic E-state index is 0.0352. The molecule has 30 heavy (non-hydrogen) atoms. The summed E-state index contributed by atoms with van der Waals surface area (Å²) in [6, 6.07) is 6.78. The first-order chi connectivity index (χ1) is 14.3. The second kappa shape index (κ2) is 8.99. The van der Waals surface area contributed by atoms with E-state index < -0.39 is 42.7 Å². The highest BCUT2D eigenvalue weighted by atomic mass is 35.5. The van der Waals surface area contributed by atoms with E-state index in [9.17, 15) is 22.4 Å². The van der Waals surface area contributed by atoms with Crippen LogP contribution in [-0.4, -0.2) is 27.5 Å². The highest BCUT2D eigenvalue weighted by Gasteiger charge is 2.22. The fourth-order valence-electron chi connectivity index (χ4n) is 2.57. The van der Waals surface area contributed by atoms with Crippen LogP contribution in [0, 0.1) is 11.6 Å². The quantitative estimate of drug-likeness (QED) is 0.547. The van der Waals surface area contributed by atoms with E-state index in [-0.39, 0.29) is 22.0 Å². The highest BCUT2D eigenvalue weighted by Crippen LogP contribution is 2.29. The second-order valence-electron chi connectivity index (χ2n) is 5.85. The van der Waals surface area contributed by atoms with Gasteiger partial charge in [0.05, 0.1) is 10.7 Å². The Hall–Kier alpha value is -3.34. The van der Waals surface area contributed by atoms with Gasteiger partial charge in [-0.3, -0.25) is 0 Å². The van der Waals surface area contributed by atoms with Crippen molar-refractivity contribution in [2.45, 2.75) is 12.5 Å². The van der Waals surface area contributed by atoms with Gasteiger partial charge in [0.1, 0.15) is 18.8 Å². The van der Waals surface area contributed by atoms with Gasteiger partial charge in [0.15, 0.2) is 23.5 Å². The molecule has 0 aliphatic heterocycles. The number of rotatable bonds is 7. The van der Waals surface area contributed by atoms with Crippen LogP contribution in [0.5, 0.6) is 5.75 Å². The summed E-state index contributed by atoms with van der Waals surface area (Å²) in [4.78, 5) is 14.8. The molecule has 1 atom stereocenters. The molecule has 1 aromatic heterocycles. The molecule has 0 fully saturated rings. The van der Waals surface area contributed by atoms with E-state index in [0.717, 1.165) is 23.1 Å². The fourth-order valence-corrected chi connectivity index (χ4v) is 2.77. The number of primary amides is 1. The first-order valence-corrected chi connectivity index (χ1v) is 8.66. The lowest BCUT2D eigenvalue weighted by molar-refractivity contribution is 0.0700. The normalized spacial score (nSPS) is 12.1. The van der Waals surface area contributed by atoms with Crippen molar-refractivity contribution in [2.75, 3.05) is 6.61 Å². The number of carbonyl (C=O) groups excluding carboxylic acids is 1. The Balaban J connectivity index is 1.92. The average molecular weight is 445 g/mol. The topological polar surface area (TPSA) is 92.3 Å². The Morgan fingerprint density at radius 3 is 2.63 bits per heavy atom. The van der Waals surface area contributed by atoms with Crippen molar-refractivity contribution in [1.82, 2.24) is 14.8 Å². The molecule has 0 bridgehead atoms. The second-order valence-corrected chi connectivity index (χ2v) is 6.26. The maximum Gasteiger partial charge on any atom is 0.405 e. The molecule has 0 spiro atoms. The number of amides is 1. The molecule has 158 valence electrons. The van der Waals surface area contributed by atoms with Gasteiger partial charge in [0.25, 0.3) is 6.43 Å². The largest absolute Gasteiger partial charge is 0.486 e. The van der Waals surface area contributed by atoms with Crippen molar-refractivity contribution in [3.8, 4) is 11.4 Å². The van der Waals surface area contributed by atoms with Crippen molar-refractivity contribution in [3.63, 3.8) is 0 Å². The molecular weight excluding hydrogens is 432 g/mol. The first-order valence-electron chi connectivity index (χ1n) is 8.28. The van der Waals surface area contributed by atoms with E-state index in [1.165, 1.54) is 18.2 Å². The number of benzene rings is 2. The van der Waals surface area contributed by atoms with Gasteiger partial charge in [0, 0.05) is 6.07 Å². The van der Waals surface area contributed by atoms with Gasteiger partial charge in [-0.25, -0.2) is 32.0 Å². The minimum atomic E-state index is -2.92. The number of hydrogen-bond donors (Lipinski definition) is 1. The molecule has 7 nitrogen and oxygen atoms in total. The Morgan fingerprint density at radius 2 is 1.97 bits per heavy atom. The molecule has 3 rings (SSSR count). The number of halogens is 5. The van der Waals surface area contributed by atoms with Crippen molar-refractivity contribution < 1.29 is 31.8 Å². The van der Waals surface area contributed by atoms with Gasteiger partial charge in [-0.1, -0.05) is 17.7 Å². The number of aromatic nitrogens is 3. The van der Waals surface area contributed by atoms with E-state index in [1.807, 2.05) is 0 Å². The molecule has 2 aromatic carbocycles. The molecule has 0 aliphatic rings. The molecule has 0 aliphatic carbocycles. The van der Waals surface area contributed by atoms with E-state index in [4.69, 9.17) is 26.8 Å². The summed E-state index contributed by atoms with van der Waals surface area (Å²) in [6.45, 7) is -0.411. The summed E-state index contributed by atoms with van der Waals surface area (Å²) in [5.74, 6) is -2.70. The van der Waals surface area contributed by atoms with Crippen LogP contribution < -0.4 is 10.5 Å². The summed E-state index contributed by atoms with van der Waals surface area (Å²) >= 11 is 6.10. The number of nitrogens with two attached hydrogens (primary N) is 1. The Morgan fingerprint density at radius 1 is 1.20 bits per heavy atom. The van der Waals surface area contributed by atoms with E-state index in [0.29, 0.717) is 6.07 Å². The third-order valence-corrected chi connectivity index (χ3v) is 4.20. The third kappa shape index (κ3) is 4.79. The summed E-state index contributed by atoms with van der Waals surface area (Å²) in [7, 11) is 0. The average Bonchev–Trinajstić information content (AvgIpc) is 3.16. The molecule has 0 radical (unpaired) electrons. The van der Waals surface area contributed by atoms with Gasteiger partial charge in [-0.15, -0.1) is 0 Å². The van der Waals surface area contributed by atoms with E-state index >= 15 is 0 Å². The predicted molar refractivity (Wildman–Crippen MR) is 96.6 cm³/mol. The smallest absolute Gasteiger partial charge is 0.405 e. The standard InChI is InChI=1S/C18H13ClF4N4O3/c19-11-3-1-9(5-13(11)27-17(16(22)23)25-8-26-27)15(30-18(24)28)7-29-14-4-2-10(20)6-12(14)21/h1-6,8,15-16H,7H2,(H2,24,28). The molecule has 12 heteroatoms. The molecule has 3 aromatic rings. The van der Waals surface area contributed by atoms with E-state index in [1.54, 1.807) is 0 Å². The van der Waals surface area contributed by atoms with Gasteiger partial charge in [0.2, 0.25) is 0 Å². The Bertz CT molecular complexity index is 1060. The molecule has 2 N–H and O–H groups in total. The van der Waals surface area contributed by atoms with Crippen LogP contribution in [0.25, 0.3) is 5.69 Å². The highest BCUT2D eigenvalue weighted by molar-refractivity contribution is 6.32. The zero-order valence-corrected chi connectivity index (χ0v) is 15.7. The van der Waals surface area contributed by atoms with Crippen LogP contribution in [0.15, 0.2) is 42.7 Å². The fraction of sp³-hybridized carbons (Fsp3) is 0.167. The maximum absolute atomic E-state index is 13.8. The van der Waals surface area contributed by atoms with Gasteiger partial charge < -0.3 is 15.2 Å². The van der Waals surface area contributed by atoms with Gasteiger partial charge in [-0.2, -0.15) is 5.10 Å². The van der Waals surface area contributed by atoms with Crippen LogP contribution in [0.4, 0.5) is 22.4 Å². The zero-order chi connectivity index (χ0) is 21.8. The molecule has 1 heterocycles. The zero-order valence-electron chi connectivity index (χ0n) is 14.9. The molecule has 1 amide bonds. The van der Waals surface area contributed by atoms with Crippen molar-refractivity contribution in [1.29, 1.82) is 0 Å². The van der Waals surface area contributed by atoms with Crippen molar-refractivity contribution >= 4 is 17.7 Å². The lowest BCUT2D eigenvalue weighted by Gasteiger charge is -2.19. The number of nitrogens with zero attached hydrogens (tertiary/aromatic N) is 3. The lowest BCUT2D eigenvalue weighted by Crippen LogP contribution is -2.22. The maximum atomic E-state index is 13.8. The summed E-state index contributed by atoms with van der Waals surface area (Å²) in [5, 5.41) is 3.80. The Labute approximate surface area is 172 Å². The van der Waals surface area contributed by atoms with Crippen LogP contribution in [0.1, 0.15) is 23.9 Å². The molecular formula is C18H13ClF4N4O3. The monoisotopic (exact) mass is 444 g/mol. The Kier molecular flexibility index (Phi) is 6.40. The third-order valence-electron chi connectivity index (χ3n) is 3.88. The first kappa shape index (κ1) is 21.4. The summed E-state index contributed by atoms with van der Waals surface area (Å²) in [5.41, 5.74) is 5.36. The van der Waals surface area contributed by atoms with Crippen molar-refractivity contribution in [3.05, 3.63) is 70.8 Å². The van der Waals surface area contributed by atoms with Crippen LogP contribution in [0.2, 0.25) is 5.02 Å². The van der Waals surface area contributed by atoms with Crippen molar-refractivity contribution in [2.24, 2.45) is 5.73 Å². The summed E-state index contributed by atoms with van der Waals surface area (Å²) in [6.07, 6.45) is -4.31. The number of ether oxygens (including phenoxy) is 2. The predicted octanol–water partition coefficient (Wildman–Crippen LogP) is 4.35. The molecule has 0 saturated carbocycles. The lowest BCUT2D eigenvalue weighted by atomic mass is 10.1. The number of alkyl halides is 2. The van der Waals surface area contributed by atoms with E-state index in [2.05, 4.69) is 10.1 Å². The van der Waals surface area contributed by atoms with Crippen LogP contribution in [-0.2, 0) is 4.74 Å². The van der Waals surface area contributed by atoms with Gasteiger partial charge >= 0.3 is 6.09 Å². The SMILES string of the molecule is NC(=O)OC(COc1ccc(F)cc1F)c1ccc(Cl)c(-n2ncnc2C(F)F)c1. The number of hydrogen-bond acceptors (Lipinski definition) is 5. The van der Waals surface area contributed by atoms with Crippen LogP contribution in [0.3, 0.4) is 0 Å². The molecule has 0 saturated heterocycles. The van der Waals surface area contributed by atoms with Crippen LogP contribution >= 0.6 is 11.6 Å². The number of carbonyl (C=O) groups is 1. The summed E-state index contributed by atoms with van der Waals surface area (Å²) < 4.78 is 64.2.